The van der Waals surface area contributed by atoms with E-state index in [0.717, 1.165) is 16.6 Å². The normalized spacial score (nSPS) is 11.2. The predicted octanol–water partition coefficient (Wildman–Crippen LogP) is 3.93. The van der Waals surface area contributed by atoms with Crippen molar-refractivity contribution >= 4 is 34.1 Å². The fraction of sp³-hybridized carbons (Fsp3) is 0.105. The first kappa shape index (κ1) is 15.8. The SMILES string of the molecule is O=C(CSc1nnc2ccc3ccccc3n12)Cc1ccccc1F. The van der Waals surface area contributed by atoms with Gasteiger partial charge in [-0.25, -0.2) is 4.39 Å². The number of carbonyl (C=O) groups is 1. The second kappa shape index (κ2) is 6.64. The highest BCUT2D eigenvalue weighted by molar-refractivity contribution is 7.99. The molecular weight excluding hydrogens is 337 g/mol. The lowest BCUT2D eigenvalue weighted by Crippen LogP contribution is -2.07. The number of fused-ring (bicyclic) bond motifs is 3. The number of Topliss-reactive ketones (excluding diaryl/α,β-unsaturated/α-hetero) is 1. The third-order valence-corrected chi connectivity index (χ3v) is 4.94. The zero-order valence-electron chi connectivity index (χ0n) is 13.2. The second-order valence-electron chi connectivity index (χ2n) is 5.66. The van der Waals surface area contributed by atoms with Gasteiger partial charge in [0.05, 0.1) is 11.3 Å². The molecule has 0 radical (unpaired) electrons. The molecule has 0 aliphatic heterocycles. The summed E-state index contributed by atoms with van der Waals surface area (Å²) in [7, 11) is 0. The van der Waals surface area contributed by atoms with Gasteiger partial charge in [-0.3, -0.25) is 9.20 Å². The van der Waals surface area contributed by atoms with Crippen molar-refractivity contribution in [1.29, 1.82) is 0 Å². The average Bonchev–Trinajstić information content (AvgIpc) is 3.05. The molecule has 2 heterocycles. The Hall–Kier alpha value is -2.73. The summed E-state index contributed by atoms with van der Waals surface area (Å²) in [4.78, 5) is 12.2. The standard InChI is InChI=1S/C19H14FN3OS/c20-16-7-3-1-6-14(16)11-15(24)12-25-19-22-21-18-10-9-13-5-2-4-8-17(13)23(18)19/h1-10H,11-12H2. The minimum absolute atomic E-state index is 0.0490. The predicted molar refractivity (Wildman–Crippen MR) is 96.3 cm³/mol. The van der Waals surface area contributed by atoms with E-state index in [4.69, 9.17) is 0 Å². The highest BCUT2D eigenvalue weighted by Gasteiger charge is 2.13. The topological polar surface area (TPSA) is 47.3 Å². The van der Waals surface area contributed by atoms with E-state index in [1.807, 2.05) is 40.8 Å². The van der Waals surface area contributed by atoms with E-state index in [-0.39, 0.29) is 23.8 Å². The van der Waals surface area contributed by atoms with Crippen LogP contribution in [0.3, 0.4) is 0 Å². The summed E-state index contributed by atoms with van der Waals surface area (Å²) in [6, 6.07) is 18.2. The maximum Gasteiger partial charge on any atom is 0.196 e. The number of nitrogens with zero attached hydrogens (tertiary/aromatic N) is 3. The van der Waals surface area contributed by atoms with E-state index in [0.29, 0.717) is 10.7 Å². The third kappa shape index (κ3) is 3.13. The highest BCUT2D eigenvalue weighted by atomic mass is 32.2. The van der Waals surface area contributed by atoms with Crippen molar-refractivity contribution < 1.29 is 9.18 Å². The first-order chi connectivity index (χ1) is 12.2. The number of benzene rings is 2. The Morgan fingerprint density at radius 2 is 1.80 bits per heavy atom. The van der Waals surface area contributed by atoms with Crippen LogP contribution in [-0.2, 0) is 11.2 Å². The molecule has 0 saturated carbocycles. The minimum Gasteiger partial charge on any atom is -0.298 e. The molecule has 25 heavy (non-hydrogen) atoms. The molecule has 0 bridgehead atoms. The average molecular weight is 351 g/mol. The number of para-hydroxylation sites is 1. The smallest absolute Gasteiger partial charge is 0.196 e. The van der Waals surface area contributed by atoms with Crippen LogP contribution in [0.1, 0.15) is 5.56 Å². The lowest BCUT2D eigenvalue weighted by Gasteiger charge is -2.05. The van der Waals surface area contributed by atoms with E-state index in [1.165, 1.54) is 17.8 Å². The molecule has 0 aliphatic rings. The number of rotatable bonds is 5. The molecule has 4 rings (SSSR count). The van der Waals surface area contributed by atoms with Crippen LogP contribution in [-0.4, -0.2) is 26.1 Å². The van der Waals surface area contributed by atoms with Crippen LogP contribution in [0.5, 0.6) is 0 Å². The van der Waals surface area contributed by atoms with Crippen LogP contribution in [0, 0.1) is 5.82 Å². The van der Waals surface area contributed by atoms with Gasteiger partial charge in [0.2, 0.25) is 0 Å². The van der Waals surface area contributed by atoms with Gasteiger partial charge in [-0.15, -0.1) is 10.2 Å². The number of aromatic nitrogens is 3. The van der Waals surface area contributed by atoms with Gasteiger partial charge in [0, 0.05) is 6.42 Å². The first-order valence-electron chi connectivity index (χ1n) is 7.83. The van der Waals surface area contributed by atoms with Crippen LogP contribution in [0.15, 0.2) is 65.8 Å². The number of hydrogen-bond donors (Lipinski definition) is 0. The molecule has 2 aromatic carbocycles. The molecule has 0 unspecified atom stereocenters. The van der Waals surface area contributed by atoms with Crippen molar-refractivity contribution in [2.75, 3.05) is 5.75 Å². The fourth-order valence-electron chi connectivity index (χ4n) is 2.76. The Bertz CT molecular complexity index is 1080. The van der Waals surface area contributed by atoms with Crippen LogP contribution >= 0.6 is 11.8 Å². The van der Waals surface area contributed by atoms with Gasteiger partial charge in [-0.1, -0.05) is 48.2 Å². The van der Waals surface area contributed by atoms with Gasteiger partial charge in [0.15, 0.2) is 10.8 Å². The van der Waals surface area contributed by atoms with Crippen LogP contribution in [0.25, 0.3) is 16.6 Å². The highest BCUT2D eigenvalue weighted by Crippen LogP contribution is 2.23. The Balaban J connectivity index is 1.56. The zero-order chi connectivity index (χ0) is 17.2. The number of hydrogen-bond acceptors (Lipinski definition) is 4. The fourth-order valence-corrected chi connectivity index (χ4v) is 3.57. The van der Waals surface area contributed by atoms with Gasteiger partial charge in [-0.05, 0) is 35.2 Å². The van der Waals surface area contributed by atoms with Crippen LogP contribution < -0.4 is 0 Å². The monoisotopic (exact) mass is 351 g/mol. The first-order valence-corrected chi connectivity index (χ1v) is 8.82. The number of carbonyl (C=O) groups excluding carboxylic acids is 1. The summed E-state index contributed by atoms with van der Waals surface area (Å²) < 4.78 is 15.6. The van der Waals surface area contributed by atoms with Crippen molar-refractivity contribution in [2.45, 2.75) is 11.6 Å². The van der Waals surface area contributed by atoms with Gasteiger partial charge in [0.1, 0.15) is 11.6 Å². The van der Waals surface area contributed by atoms with Crippen molar-refractivity contribution in [2.24, 2.45) is 0 Å². The van der Waals surface area contributed by atoms with Crippen molar-refractivity contribution in [3.05, 3.63) is 72.0 Å². The molecular formula is C19H14FN3OS. The number of halogens is 1. The second-order valence-corrected chi connectivity index (χ2v) is 6.61. The molecule has 0 aliphatic carbocycles. The quantitative estimate of drug-likeness (QED) is 0.511. The lowest BCUT2D eigenvalue weighted by atomic mass is 10.1. The molecule has 0 N–H and O–H groups in total. The van der Waals surface area contributed by atoms with E-state index in [2.05, 4.69) is 10.2 Å². The lowest BCUT2D eigenvalue weighted by molar-refractivity contribution is -0.116. The molecule has 2 aromatic heterocycles. The molecule has 4 aromatic rings. The molecule has 0 saturated heterocycles. The summed E-state index contributed by atoms with van der Waals surface area (Å²) in [5.41, 5.74) is 2.15. The van der Waals surface area contributed by atoms with Gasteiger partial charge in [-0.2, -0.15) is 0 Å². The van der Waals surface area contributed by atoms with E-state index in [1.54, 1.807) is 18.2 Å². The molecule has 0 fully saturated rings. The molecule has 4 nitrogen and oxygen atoms in total. The summed E-state index contributed by atoms with van der Waals surface area (Å²) in [6.07, 6.45) is 0.0805. The Kier molecular flexibility index (Phi) is 4.19. The molecule has 0 spiro atoms. The largest absolute Gasteiger partial charge is 0.298 e. The van der Waals surface area contributed by atoms with E-state index < -0.39 is 0 Å². The van der Waals surface area contributed by atoms with Crippen LogP contribution in [0.2, 0.25) is 0 Å². The van der Waals surface area contributed by atoms with Crippen molar-refractivity contribution in [3.63, 3.8) is 0 Å². The number of pyridine rings is 1. The van der Waals surface area contributed by atoms with Gasteiger partial charge >= 0.3 is 0 Å². The summed E-state index contributed by atoms with van der Waals surface area (Å²) in [5.74, 6) is -0.176. The van der Waals surface area contributed by atoms with Crippen LogP contribution in [0.4, 0.5) is 4.39 Å². The molecule has 0 amide bonds. The Labute approximate surface area is 147 Å². The maximum atomic E-state index is 13.7. The number of ketones is 1. The van der Waals surface area contributed by atoms with Gasteiger partial charge in [0.25, 0.3) is 0 Å². The van der Waals surface area contributed by atoms with E-state index in [9.17, 15) is 9.18 Å². The van der Waals surface area contributed by atoms with Crippen molar-refractivity contribution in [1.82, 2.24) is 14.6 Å². The summed E-state index contributed by atoms with van der Waals surface area (Å²) >= 11 is 1.32. The minimum atomic E-state index is -0.347. The third-order valence-electron chi connectivity index (χ3n) is 3.96. The maximum absolute atomic E-state index is 13.7. The van der Waals surface area contributed by atoms with Gasteiger partial charge < -0.3 is 0 Å². The Morgan fingerprint density at radius 3 is 2.68 bits per heavy atom. The molecule has 0 atom stereocenters. The number of thioether (sulfide) groups is 1. The summed E-state index contributed by atoms with van der Waals surface area (Å²) in [6.45, 7) is 0. The molecule has 124 valence electrons. The van der Waals surface area contributed by atoms with Crippen molar-refractivity contribution in [3.8, 4) is 0 Å². The molecule has 6 heteroatoms. The zero-order valence-corrected chi connectivity index (χ0v) is 14.0. The Morgan fingerprint density at radius 1 is 1.00 bits per heavy atom. The van der Waals surface area contributed by atoms with E-state index >= 15 is 0 Å². The summed E-state index contributed by atoms with van der Waals surface area (Å²) in [5, 5.41) is 10.1.